The smallest absolute Gasteiger partial charge is 0.339 e. The Balaban J connectivity index is 1.99. The van der Waals surface area contributed by atoms with Crippen LogP contribution in [0.4, 0.5) is 0 Å². The third-order valence-electron chi connectivity index (χ3n) is 6.33. The number of fused-ring (bicyclic) bond motifs is 2. The number of carbonyl (C=O) groups excluding carboxylic acids is 2. The molecule has 2 aromatic rings. The number of rotatable bonds is 3. The zero-order valence-corrected chi connectivity index (χ0v) is 17.8. The van der Waals surface area contributed by atoms with Gasteiger partial charge in [0, 0.05) is 11.1 Å². The zero-order valence-electron chi connectivity index (χ0n) is 17.8. The summed E-state index contributed by atoms with van der Waals surface area (Å²) in [7, 11) is 0. The zero-order chi connectivity index (χ0) is 26.1. The molecule has 1 aliphatic heterocycles. The largest absolute Gasteiger partial charge is 0.507 e. The van der Waals surface area contributed by atoms with Gasteiger partial charge in [-0.15, -0.1) is 0 Å². The number of aliphatic hydroxyl groups excluding tert-OH is 4. The van der Waals surface area contributed by atoms with Crippen LogP contribution in [0.15, 0.2) is 6.07 Å². The Morgan fingerprint density at radius 3 is 2.06 bits per heavy atom. The van der Waals surface area contributed by atoms with Crippen LogP contribution >= 0.6 is 0 Å². The molecule has 13 nitrogen and oxygen atoms in total. The van der Waals surface area contributed by atoms with E-state index in [0.717, 1.165) is 6.92 Å². The van der Waals surface area contributed by atoms with Gasteiger partial charge in [-0.05, 0) is 18.6 Å². The van der Waals surface area contributed by atoms with Crippen LogP contribution < -0.4 is 0 Å². The summed E-state index contributed by atoms with van der Waals surface area (Å²) in [4.78, 5) is 38.1. The molecule has 186 valence electrons. The van der Waals surface area contributed by atoms with Crippen molar-refractivity contribution in [2.75, 3.05) is 6.61 Å². The number of phenolic OH excluding ortho intramolecular Hbond substituents is 3. The minimum absolute atomic E-state index is 0.308. The second-order valence-electron chi connectivity index (χ2n) is 8.24. The molecule has 0 radical (unpaired) electrons. The van der Waals surface area contributed by atoms with Crippen molar-refractivity contribution in [3.05, 3.63) is 45.0 Å². The number of hydrogen-bond donors (Lipinski definition) is 9. The van der Waals surface area contributed by atoms with Crippen molar-refractivity contribution in [3.8, 4) is 23.0 Å². The molecule has 2 aromatic carbocycles. The number of ether oxygens (including phenoxy) is 1. The molecule has 2 unspecified atom stereocenters. The van der Waals surface area contributed by atoms with Crippen LogP contribution in [0.25, 0.3) is 0 Å². The lowest BCUT2D eigenvalue weighted by atomic mass is 9.77. The maximum absolute atomic E-state index is 13.4. The number of aromatic hydroxyl groups is 4. The van der Waals surface area contributed by atoms with Crippen LogP contribution in [0.2, 0.25) is 0 Å². The van der Waals surface area contributed by atoms with Crippen molar-refractivity contribution in [1.82, 2.24) is 0 Å². The molecular formula is C22H20O13. The average molecular weight is 492 g/mol. The standard InChI is InChI=1S/C22H20O13/c1-4-8-5(2-6(24)9(4)22(33)34)13(25)10-11(15(8)27)16(28)12(18(30)17(10)29)21-20(32)19(31)14(26)7(3-23)35-21/h2,7,14,19-21,23-24,26,28-32H,3H2,1H3,(H,33,34)/t7?,14-,19?,20+,21+/m1/s1. The lowest BCUT2D eigenvalue weighted by Crippen LogP contribution is -2.55. The molecule has 0 aromatic heterocycles. The minimum atomic E-state index is -2.03. The van der Waals surface area contributed by atoms with Gasteiger partial charge in [-0.3, -0.25) is 9.59 Å². The van der Waals surface area contributed by atoms with Gasteiger partial charge in [0.2, 0.25) is 0 Å². The minimum Gasteiger partial charge on any atom is -0.507 e. The molecule has 13 heteroatoms. The number of aliphatic hydroxyl groups is 4. The highest BCUT2D eigenvalue weighted by Crippen LogP contribution is 2.52. The van der Waals surface area contributed by atoms with Gasteiger partial charge in [-0.2, -0.15) is 0 Å². The SMILES string of the molecule is Cc1c(C(=O)O)c(O)cc2c1C(=O)c1c(O)c([C@@H]3OC(CO)[C@@H](O)C(O)[C@@H]3O)c(O)c(O)c1C2=O. The van der Waals surface area contributed by atoms with Gasteiger partial charge in [0.15, 0.2) is 23.1 Å². The van der Waals surface area contributed by atoms with E-state index in [0.29, 0.717) is 6.07 Å². The summed E-state index contributed by atoms with van der Waals surface area (Å²) in [5.41, 5.74) is -4.49. The number of carboxylic acids is 1. The monoisotopic (exact) mass is 492 g/mol. The highest BCUT2D eigenvalue weighted by Gasteiger charge is 2.48. The number of aromatic carboxylic acids is 1. The fourth-order valence-corrected chi connectivity index (χ4v) is 4.58. The summed E-state index contributed by atoms with van der Waals surface area (Å²) >= 11 is 0. The molecule has 35 heavy (non-hydrogen) atoms. The van der Waals surface area contributed by atoms with Crippen LogP contribution in [0.1, 0.15) is 59.4 Å². The van der Waals surface area contributed by atoms with E-state index in [9.17, 15) is 60.3 Å². The molecular weight excluding hydrogens is 472 g/mol. The van der Waals surface area contributed by atoms with Crippen molar-refractivity contribution in [2.45, 2.75) is 37.4 Å². The lowest BCUT2D eigenvalue weighted by Gasteiger charge is -2.40. The normalized spacial score (nSPS) is 25.8. The van der Waals surface area contributed by atoms with E-state index in [1.54, 1.807) is 0 Å². The van der Waals surface area contributed by atoms with E-state index in [-0.39, 0.29) is 5.56 Å². The first-order chi connectivity index (χ1) is 16.3. The van der Waals surface area contributed by atoms with E-state index in [4.69, 9.17) is 4.74 Å². The lowest BCUT2D eigenvalue weighted by molar-refractivity contribution is -0.232. The molecule has 0 saturated carbocycles. The summed E-state index contributed by atoms with van der Waals surface area (Å²) in [6, 6.07) is 0.716. The summed E-state index contributed by atoms with van der Waals surface area (Å²) in [5, 5.41) is 91.5. The Labute approximate surface area is 195 Å². The Morgan fingerprint density at radius 1 is 0.886 bits per heavy atom. The number of hydrogen-bond acceptors (Lipinski definition) is 12. The molecule has 1 saturated heterocycles. The quantitative estimate of drug-likeness (QED) is 0.154. The van der Waals surface area contributed by atoms with Crippen LogP contribution in [-0.4, -0.2) is 94.5 Å². The van der Waals surface area contributed by atoms with Crippen LogP contribution in [-0.2, 0) is 4.74 Å². The van der Waals surface area contributed by atoms with Gasteiger partial charge >= 0.3 is 5.97 Å². The number of benzene rings is 2. The van der Waals surface area contributed by atoms with Gasteiger partial charge in [-0.25, -0.2) is 4.79 Å². The highest BCUT2D eigenvalue weighted by molar-refractivity contribution is 6.31. The summed E-state index contributed by atoms with van der Waals surface area (Å²) < 4.78 is 5.30. The number of ketones is 2. The summed E-state index contributed by atoms with van der Waals surface area (Å²) in [6.07, 6.45) is -9.12. The third-order valence-corrected chi connectivity index (χ3v) is 6.33. The summed E-state index contributed by atoms with van der Waals surface area (Å²) in [5.74, 6) is -8.24. The van der Waals surface area contributed by atoms with Crippen LogP contribution in [0.3, 0.4) is 0 Å². The number of phenols is 4. The topological polar surface area (TPSA) is 243 Å². The molecule has 0 bridgehead atoms. The first-order valence-corrected chi connectivity index (χ1v) is 10.2. The van der Waals surface area contributed by atoms with Gasteiger partial charge in [0.25, 0.3) is 0 Å². The fraction of sp³-hybridized carbons (Fsp3) is 0.318. The highest BCUT2D eigenvalue weighted by atomic mass is 16.5. The Morgan fingerprint density at radius 2 is 1.49 bits per heavy atom. The first kappa shape index (κ1) is 24.4. The van der Waals surface area contributed by atoms with Crippen molar-refractivity contribution >= 4 is 17.5 Å². The molecule has 1 aliphatic carbocycles. The molecule has 1 heterocycles. The molecule has 5 atom stereocenters. The number of carbonyl (C=O) groups is 3. The van der Waals surface area contributed by atoms with E-state index < -0.39 is 111 Å². The van der Waals surface area contributed by atoms with Crippen molar-refractivity contribution in [2.24, 2.45) is 0 Å². The van der Waals surface area contributed by atoms with Crippen molar-refractivity contribution in [1.29, 1.82) is 0 Å². The summed E-state index contributed by atoms with van der Waals surface area (Å²) in [6.45, 7) is 0.291. The predicted molar refractivity (Wildman–Crippen MR) is 111 cm³/mol. The van der Waals surface area contributed by atoms with E-state index in [2.05, 4.69) is 0 Å². The molecule has 2 aliphatic rings. The maximum atomic E-state index is 13.4. The average Bonchev–Trinajstić information content (AvgIpc) is 2.79. The second-order valence-corrected chi connectivity index (χ2v) is 8.24. The van der Waals surface area contributed by atoms with Gasteiger partial charge < -0.3 is 50.7 Å². The molecule has 9 N–H and O–H groups in total. The third kappa shape index (κ3) is 3.25. The Bertz CT molecular complexity index is 1300. The van der Waals surface area contributed by atoms with Gasteiger partial charge in [-0.1, -0.05) is 0 Å². The van der Waals surface area contributed by atoms with E-state index >= 15 is 0 Å². The molecule has 1 fully saturated rings. The Kier molecular flexibility index (Phi) is 5.70. The molecule has 0 amide bonds. The number of carboxylic acid groups (broad SMARTS) is 1. The Hall–Kier alpha value is -3.75. The van der Waals surface area contributed by atoms with Crippen LogP contribution in [0, 0.1) is 6.92 Å². The van der Waals surface area contributed by atoms with Gasteiger partial charge in [0.05, 0.1) is 23.3 Å². The second kappa shape index (κ2) is 8.18. The predicted octanol–water partition coefficient (Wildman–Crippen LogP) is -1.19. The van der Waals surface area contributed by atoms with E-state index in [1.165, 1.54) is 0 Å². The molecule has 0 spiro atoms. The van der Waals surface area contributed by atoms with Crippen molar-refractivity contribution < 1.29 is 65.1 Å². The first-order valence-electron chi connectivity index (χ1n) is 10.2. The molecule has 4 rings (SSSR count). The van der Waals surface area contributed by atoms with E-state index in [1.807, 2.05) is 0 Å². The fourth-order valence-electron chi connectivity index (χ4n) is 4.58. The van der Waals surface area contributed by atoms with Gasteiger partial charge in [0.1, 0.15) is 47.6 Å². The van der Waals surface area contributed by atoms with Crippen LogP contribution in [0.5, 0.6) is 23.0 Å². The van der Waals surface area contributed by atoms with Crippen molar-refractivity contribution in [3.63, 3.8) is 0 Å². The maximum Gasteiger partial charge on any atom is 0.339 e.